The van der Waals surface area contributed by atoms with Crippen LogP contribution in [-0.2, 0) is 6.42 Å². The van der Waals surface area contributed by atoms with Gasteiger partial charge in [-0.25, -0.2) is 0 Å². The summed E-state index contributed by atoms with van der Waals surface area (Å²) in [5, 5.41) is 0. The number of hydrogen-bond acceptors (Lipinski definition) is 2. The summed E-state index contributed by atoms with van der Waals surface area (Å²) in [6.07, 6.45) is 3.30. The molecule has 0 aromatic heterocycles. The molecule has 0 aliphatic heterocycles. The Hall–Kier alpha value is -0.630. The van der Waals surface area contributed by atoms with Crippen LogP contribution in [-0.4, -0.2) is 12.4 Å². The molecule has 17 heavy (non-hydrogen) atoms. The van der Waals surface area contributed by atoms with Gasteiger partial charge in [0.1, 0.15) is 5.75 Å². The van der Waals surface area contributed by atoms with Crippen LogP contribution in [0.1, 0.15) is 50.7 Å². The van der Waals surface area contributed by atoms with Gasteiger partial charge in [-0.1, -0.05) is 32.9 Å². The first kappa shape index (κ1) is 14.4. The first-order chi connectivity index (χ1) is 8.19. The molecule has 1 aromatic rings. The molecule has 0 N–H and O–H groups in total. The first-order valence-corrected chi connectivity index (χ1v) is 7.18. The highest BCUT2D eigenvalue weighted by atomic mass is 32.1. The van der Waals surface area contributed by atoms with Crippen molar-refractivity contribution in [2.45, 2.75) is 46.0 Å². The average molecular weight is 252 g/mol. The van der Waals surface area contributed by atoms with Gasteiger partial charge in [0.15, 0.2) is 0 Å². The van der Waals surface area contributed by atoms with E-state index >= 15 is 0 Å². The van der Waals surface area contributed by atoms with Crippen molar-refractivity contribution >= 4 is 12.6 Å². The van der Waals surface area contributed by atoms with E-state index in [0.29, 0.717) is 5.92 Å². The van der Waals surface area contributed by atoms with Gasteiger partial charge in [0.2, 0.25) is 0 Å². The second kappa shape index (κ2) is 7.65. The Morgan fingerprint density at radius 2 is 2.06 bits per heavy atom. The summed E-state index contributed by atoms with van der Waals surface area (Å²) in [5.74, 6) is 2.51. The molecule has 2 heteroatoms. The standard InChI is InChI=1S/C15H24OS/c1-4-9-16-15-8-7-13(6-5-10-17)11-14(15)12(2)3/h7-8,11-12,17H,4-6,9-10H2,1-3H3. The van der Waals surface area contributed by atoms with Gasteiger partial charge in [0.05, 0.1) is 6.61 Å². The number of ether oxygens (including phenoxy) is 1. The van der Waals surface area contributed by atoms with Crippen LogP contribution < -0.4 is 4.74 Å². The summed E-state index contributed by atoms with van der Waals surface area (Å²) < 4.78 is 5.79. The molecule has 0 heterocycles. The van der Waals surface area contributed by atoms with E-state index in [1.165, 1.54) is 11.1 Å². The Balaban J connectivity index is 2.83. The lowest BCUT2D eigenvalue weighted by molar-refractivity contribution is 0.313. The molecule has 0 spiro atoms. The molecule has 0 atom stereocenters. The van der Waals surface area contributed by atoms with Crippen LogP contribution >= 0.6 is 12.6 Å². The lowest BCUT2D eigenvalue weighted by Crippen LogP contribution is -2.01. The zero-order chi connectivity index (χ0) is 12.7. The van der Waals surface area contributed by atoms with E-state index in [2.05, 4.69) is 51.6 Å². The van der Waals surface area contributed by atoms with Crippen LogP contribution in [0.2, 0.25) is 0 Å². The topological polar surface area (TPSA) is 9.23 Å². The maximum atomic E-state index is 5.79. The molecule has 0 aliphatic rings. The van der Waals surface area contributed by atoms with Crippen molar-refractivity contribution in [2.24, 2.45) is 0 Å². The largest absolute Gasteiger partial charge is 0.493 e. The molecular formula is C15H24OS. The summed E-state index contributed by atoms with van der Waals surface area (Å²) in [6.45, 7) is 7.37. The Morgan fingerprint density at radius 3 is 2.65 bits per heavy atom. The Kier molecular flexibility index (Phi) is 6.49. The van der Waals surface area contributed by atoms with Crippen LogP contribution in [0, 0.1) is 0 Å². The molecule has 0 aliphatic carbocycles. The molecule has 0 bridgehead atoms. The highest BCUT2D eigenvalue weighted by Crippen LogP contribution is 2.28. The lowest BCUT2D eigenvalue weighted by Gasteiger charge is -2.15. The Labute approximate surface area is 111 Å². The van der Waals surface area contributed by atoms with Gasteiger partial charge in [-0.2, -0.15) is 12.6 Å². The second-order valence-corrected chi connectivity index (χ2v) is 5.15. The van der Waals surface area contributed by atoms with Gasteiger partial charge in [0.25, 0.3) is 0 Å². The monoisotopic (exact) mass is 252 g/mol. The SMILES string of the molecule is CCCOc1ccc(CCCS)cc1C(C)C. The molecule has 0 unspecified atom stereocenters. The second-order valence-electron chi connectivity index (χ2n) is 4.70. The van der Waals surface area contributed by atoms with Gasteiger partial charge in [-0.15, -0.1) is 0 Å². The van der Waals surface area contributed by atoms with Gasteiger partial charge in [-0.3, -0.25) is 0 Å². The van der Waals surface area contributed by atoms with E-state index in [1.54, 1.807) is 0 Å². The van der Waals surface area contributed by atoms with Crippen molar-refractivity contribution in [1.82, 2.24) is 0 Å². The maximum absolute atomic E-state index is 5.79. The van der Waals surface area contributed by atoms with Crippen molar-refractivity contribution in [3.8, 4) is 5.75 Å². The van der Waals surface area contributed by atoms with Crippen molar-refractivity contribution in [2.75, 3.05) is 12.4 Å². The normalized spacial score (nSPS) is 10.9. The van der Waals surface area contributed by atoms with E-state index < -0.39 is 0 Å². The summed E-state index contributed by atoms with van der Waals surface area (Å²) in [4.78, 5) is 0. The van der Waals surface area contributed by atoms with Gasteiger partial charge in [-0.05, 0) is 48.1 Å². The minimum absolute atomic E-state index is 0.512. The molecule has 0 radical (unpaired) electrons. The molecule has 1 aromatic carbocycles. The maximum Gasteiger partial charge on any atom is 0.122 e. The highest BCUT2D eigenvalue weighted by molar-refractivity contribution is 7.80. The van der Waals surface area contributed by atoms with Gasteiger partial charge >= 0.3 is 0 Å². The fraction of sp³-hybridized carbons (Fsp3) is 0.600. The van der Waals surface area contributed by atoms with Crippen LogP contribution in [0.5, 0.6) is 5.75 Å². The average Bonchev–Trinajstić information content (AvgIpc) is 2.34. The molecule has 1 rings (SSSR count). The molecule has 0 saturated heterocycles. The highest BCUT2D eigenvalue weighted by Gasteiger charge is 2.08. The van der Waals surface area contributed by atoms with Crippen LogP contribution in [0.25, 0.3) is 0 Å². The molecule has 0 fully saturated rings. The molecule has 1 nitrogen and oxygen atoms in total. The summed E-state index contributed by atoms with van der Waals surface area (Å²) in [6, 6.07) is 6.60. The smallest absolute Gasteiger partial charge is 0.122 e. The fourth-order valence-corrected chi connectivity index (χ4v) is 1.99. The van der Waals surface area contributed by atoms with Gasteiger partial charge in [0, 0.05) is 0 Å². The van der Waals surface area contributed by atoms with Crippen LogP contribution in [0.3, 0.4) is 0 Å². The lowest BCUT2D eigenvalue weighted by atomic mass is 9.98. The van der Waals surface area contributed by atoms with E-state index in [4.69, 9.17) is 4.74 Å². The number of thiol groups is 1. The van der Waals surface area contributed by atoms with Crippen LogP contribution in [0.15, 0.2) is 18.2 Å². The molecule has 96 valence electrons. The molecular weight excluding hydrogens is 228 g/mol. The van der Waals surface area contributed by atoms with E-state index in [0.717, 1.165) is 37.4 Å². The summed E-state index contributed by atoms with van der Waals surface area (Å²) >= 11 is 4.26. The quantitative estimate of drug-likeness (QED) is 0.705. The number of rotatable bonds is 7. The Morgan fingerprint density at radius 1 is 1.29 bits per heavy atom. The van der Waals surface area contributed by atoms with Crippen molar-refractivity contribution in [3.05, 3.63) is 29.3 Å². The zero-order valence-electron chi connectivity index (χ0n) is 11.2. The van der Waals surface area contributed by atoms with Crippen molar-refractivity contribution in [1.29, 1.82) is 0 Å². The Bertz CT molecular complexity index is 334. The number of hydrogen-bond donors (Lipinski definition) is 1. The summed E-state index contributed by atoms with van der Waals surface area (Å²) in [5.41, 5.74) is 2.72. The third-order valence-electron chi connectivity index (χ3n) is 2.78. The fourth-order valence-electron chi connectivity index (χ4n) is 1.83. The third kappa shape index (κ3) is 4.63. The predicted octanol–water partition coefficient (Wildman–Crippen LogP) is 4.46. The summed E-state index contributed by atoms with van der Waals surface area (Å²) in [7, 11) is 0. The van der Waals surface area contributed by atoms with Crippen molar-refractivity contribution in [3.63, 3.8) is 0 Å². The van der Waals surface area contributed by atoms with Crippen molar-refractivity contribution < 1.29 is 4.74 Å². The minimum Gasteiger partial charge on any atom is -0.493 e. The van der Waals surface area contributed by atoms with Gasteiger partial charge < -0.3 is 4.74 Å². The predicted molar refractivity (Wildman–Crippen MR) is 78.5 cm³/mol. The van der Waals surface area contributed by atoms with E-state index in [9.17, 15) is 0 Å². The number of benzene rings is 1. The van der Waals surface area contributed by atoms with Crippen LogP contribution in [0.4, 0.5) is 0 Å². The number of aryl methyl sites for hydroxylation is 1. The zero-order valence-corrected chi connectivity index (χ0v) is 12.1. The molecule has 0 saturated carbocycles. The third-order valence-corrected chi connectivity index (χ3v) is 3.10. The first-order valence-electron chi connectivity index (χ1n) is 6.55. The van der Waals surface area contributed by atoms with E-state index in [1.807, 2.05) is 0 Å². The molecule has 0 amide bonds. The van der Waals surface area contributed by atoms with E-state index in [-0.39, 0.29) is 0 Å². The minimum atomic E-state index is 0.512.